The van der Waals surface area contributed by atoms with Crippen LogP contribution < -0.4 is 20.4 Å². The molecular weight excluding hydrogens is 482 g/mol. The zero-order valence-electron chi connectivity index (χ0n) is 21.1. The molecule has 2 saturated heterocycles. The van der Waals surface area contributed by atoms with Gasteiger partial charge in [-0.25, -0.2) is 19.9 Å². The summed E-state index contributed by atoms with van der Waals surface area (Å²) < 4.78 is 7.42. The van der Waals surface area contributed by atoms with Crippen molar-refractivity contribution in [1.29, 1.82) is 0 Å². The predicted molar refractivity (Wildman–Crippen MR) is 144 cm³/mol. The van der Waals surface area contributed by atoms with Crippen molar-refractivity contribution in [3.8, 4) is 0 Å². The summed E-state index contributed by atoms with van der Waals surface area (Å²) in [5, 5.41) is 11.1. The summed E-state index contributed by atoms with van der Waals surface area (Å²) in [4.78, 5) is 26.9. The van der Waals surface area contributed by atoms with Crippen LogP contribution in [0.15, 0.2) is 61.4 Å². The van der Waals surface area contributed by atoms with Gasteiger partial charge in [-0.2, -0.15) is 10.1 Å². The van der Waals surface area contributed by atoms with E-state index in [-0.39, 0.29) is 6.04 Å². The Hall–Kier alpha value is -4.16. The second-order valence-corrected chi connectivity index (χ2v) is 9.44. The third-order valence-corrected chi connectivity index (χ3v) is 6.64. The van der Waals surface area contributed by atoms with Crippen molar-refractivity contribution in [2.45, 2.75) is 19.0 Å². The smallest absolute Gasteiger partial charge is 0.232 e. The fourth-order valence-electron chi connectivity index (χ4n) is 4.66. The molecule has 1 unspecified atom stereocenters. The van der Waals surface area contributed by atoms with Crippen LogP contribution in [0.1, 0.15) is 11.1 Å². The van der Waals surface area contributed by atoms with Crippen LogP contribution in [-0.2, 0) is 17.7 Å². The highest BCUT2D eigenvalue weighted by atomic mass is 16.5. The minimum atomic E-state index is 0.261. The molecule has 0 amide bonds. The number of hydrogen-bond acceptors (Lipinski definition) is 11. The highest BCUT2D eigenvalue weighted by Gasteiger charge is 2.21. The van der Waals surface area contributed by atoms with Gasteiger partial charge in [-0.3, -0.25) is 4.68 Å². The Balaban J connectivity index is 1.02. The van der Waals surface area contributed by atoms with Gasteiger partial charge in [0, 0.05) is 57.7 Å². The number of rotatable bonds is 8. The number of hydrogen-bond donors (Lipinski definition) is 2. The Morgan fingerprint density at radius 1 is 0.895 bits per heavy atom. The van der Waals surface area contributed by atoms with Gasteiger partial charge in [-0.05, 0) is 11.1 Å². The molecule has 2 aliphatic rings. The fraction of sp³-hybridized carbons (Fsp3) is 0.385. The Morgan fingerprint density at radius 2 is 1.68 bits per heavy atom. The quantitative estimate of drug-likeness (QED) is 0.356. The molecule has 0 bridgehead atoms. The molecule has 0 radical (unpaired) electrons. The van der Waals surface area contributed by atoms with E-state index in [1.807, 2.05) is 29.3 Å². The first-order valence-corrected chi connectivity index (χ1v) is 12.9. The number of aromatic nitrogens is 7. The lowest BCUT2D eigenvalue weighted by molar-refractivity contribution is 0.0702. The number of piperazine rings is 1. The van der Waals surface area contributed by atoms with Crippen molar-refractivity contribution in [3.05, 3.63) is 72.6 Å². The van der Waals surface area contributed by atoms with Gasteiger partial charge in [0.25, 0.3) is 0 Å². The van der Waals surface area contributed by atoms with Crippen LogP contribution in [-0.4, -0.2) is 86.7 Å². The van der Waals surface area contributed by atoms with Crippen LogP contribution in [0, 0.1) is 0 Å². The minimum Gasteiger partial charge on any atom is -0.378 e. The molecule has 196 valence electrons. The first-order chi connectivity index (χ1) is 18.8. The van der Waals surface area contributed by atoms with Gasteiger partial charge >= 0.3 is 0 Å². The summed E-state index contributed by atoms with van der Waals surface area (Å²) in [6, 6.07) is 10.6. The molecule has 2 N–H and O–H groups in total. The summed E-state index contributed by atoms with van der Waals surface area (Å²) in [7, 11) is 0. The van der Waals surface area contributed by atoms with E-state index in [9.17, 15) is 0 Å². The molecule has 1 atom stereocenters. The van der Waals surface area contributed by atoms with E-state index in [1.54, 1.807) is 12.5 Å². The second kappa shape index (κ2) is 11.5. The van der Waals surface area contributed by atoms with Crippen LogP contribution in [0.25, 0.3) is 0 Å². The van der Waals surface area contributed by atoms with E-state index >= 15 is 0 Å². The minimum absolute atomic E-state index is 0.261. The van der Waals surface area contributed by atoms with Crippen molar-refractivity contribution < 1.29 is 4.74 Å². The summed E-state index contributed by atoms with van der Waals surface area (Å²) >= 11 is 0. The third kappa shape index (κ3) is 6.03. The average molecular weight is 514 g/mol. The molecule has 2 aliphatic heterocycles. The average Bonchev–Trinajstić information content (AvgIpc) is 3.41. The number of morpholine rings is 1. The molecule has 3 aromatic heterocycles. The fourth-order valence-corrected chi connectivity index (χ4v) is 4.66. The van der Waals surface area contributed by atoms with Gasteiger partial charge in [0.1, 0.15) is 6.33 Å². The predicted octanol–water partition coefficient (Wildman–Crippen LogP) is 1.51. The Morgan fingerprint density at radius 3 is 2.45 bits per heavy atom. The van der Waals surface area contributed by atoms with Gasteiger partial charge < -0.3 is 25.2 Å². The number of nitrogens with zero attached hydrogens (tertiary/aromatic N) is 9. The van der Waals surface area contributed by atoms with Crippen LogP contribution in [0.2, 0.25) is 0 Å². The highest BCUT2D eigenvalue weighted by Crippen LogP contribution is 2.18. The number of nitrogens with one attached hydrogen (secondary N) is 2. The lowest BCUT2D eigenvalue weighted by Crippen LogP contribution is -2.47. The maximum absolute atomic E-state index is 5.52. The number of benzene rings is 1. The van der Waals surface area contributed by atoms with Gasteiger partial charge in [0.15, 0.2) is 0 Å². The molecule has 38 heavy (non-hydrogen) atoms. The molecule has 0 aliphatic carbocycles. The molecule has 1 aromatic carbocycles. The molecular formula is C26H31N11O. The normalized spacial score (nSPS) is 17.9. The van der Waals surface area contributed by atoms with Crippen molar-refractivity contribution in [3.63, 3.8) is 0 Å². The molecule has 5 heterocycles. The Kier molecular flexibility index (Phi) is 7.31. The second-order valence-electron chi connectivity index (χ2n) is 9.44. The summed E-state index contributed by atoms with van der Waals surface area (Å²) in [5.41, 5.74) is 3.19. The zero-order chi connectivity index (χ0) is 25.6. The molecule has 0 spiro atoms. The molecule has 4 aromatic rings. The van der Waals surface area contributed by atoms with Crippen LogP contribution in [0.4, 0.5) is 23.5 Å². The topological polar surface area (TPSA) is 122 Å². The summed E-state index contributed by atoms with van der Waals surface area (Å²) in [6.45, 7) is 6.19. The molecule has 12 heteroatoms. The summed E-state index contributed by atoms with van der Waals surface area (Å²) in [6.07, 6.45) is 9.94. The maximum Gasteiger partial charge on any atom is 0.232 e. The number of ether oxygens (including phenoxy) is 1. The Bertz CT molecular complexity index is 1300. The maximum atomic E-state index is 5.52. The monoisotopic (exact) mass is 513 g/mol. The number of anilines is 4. The largest absolute Gasteiger partial charge is 0.378 e. The van der Waals surface area contributed by atoms with Crippen LogP contribution in [0.3, 0.4) is 0 Å². The van der Waals surface area contributed by atoms with E-state index in [2.05, 4.69) is 74.7 Å². The SMILES string of the molecule is c1ccc(Cc2cnc(N3CCN(c4ncnc(Nc5cnn(CC6COCCN6)c5)n4)CC3)nc2)cc1. The zero-order valence-corrected chi connectivity index (χ0v) is 21.1. The van der Waals surface area contributed by atoms with Crippen molar-refractivity contribution in [1.82, 2.24) is 40.0 Å². The van der Waals surface area contributed by atoms with E-state index in [1.165, 1.54) is 5.56 Å². The van der Waals surface area contributed by atoms with E-state index in [0.29, 0.717) is 18.5 Å². The van der Waals surface area contributed by atoms with Crippen molar-refractivity contribution in [2.24, 2.45) is 0 Å². The first-order valence-electron chi connectivity index (χ1n) is 12.9. The van der Waals surface area contributed by atoms with Gasteiger partial charge in [0.05, 0.1) is 37.7 Å². The lowest BCUT2D eigenvalue weighted by atomic mass is 10.1. The molecule has 6 rings (SSSR count). The summed E-state index contributed by atoms with van der Waals surface area (Å²) in [5.74, 6) is 1.90. The van der Waals surface area contributed by atoms with E-state index in [4.69, 9.17) is 4.74 Å². The highest BCUT2D eigenvalue weighted by molar-refractivity contribution is 5.51. The van der Waals surface area contributed by atoms with Gasteiger partial charge in [-0.1, -0.05) is 30.3 Å². The first kappa shape index (κ1) is 24.2. The van der Waals surface area contributed by atoms with E-state index < -0.39 is 0 Å². The van der Waals surface area contributed by atoms with Crippen molar-refractivity contribution in [2.75, 3.05) is 61.1 Å². The molecule has 2 fully saturated rings. The third-order valence-electron chi connectivity index (χ3n) is 6.64. The van der Waals surface area contributed by atoms with Gasteiger partial charge in [-0.15, -0.1) is 0 Å². The standard InChI is InChI=1S/C26H31N11O/c1-2-4-20(5-3-1)12-21-13-28-25(29-14-21)35-7-9-36(10-8-35)26-31-19-30-24(34-26)33-22-15-32-37(16-22)17-23-18-38-11-6-27-23/h1-5,13-16,19,23,27H,6-12,17-18H2,(H,30,31,33,34). The van der Waals surface area contributed by atoms with Crippen LogP contribution in [0.5, 0.6) is 0 Å². The molecule has 0 saturated carbocycles. The molecule has 12 nitrogen and oxygen atoms in total. The Labute approximate surface area is 221 Å². The lowest BCUT2D eigenvalue weighted by Gasteiger charge is -2.34. The van der Waals surface area contributed by atoms with Crippen LogP contribution >= 0.6 is 0 Å². The van der Waals surface area contributed by atoms with Gasteiger partial charge in [0.2, 0.25) is 17.8 Å². The van der Waals surface area contributed by atoms with E-state index in [0.717, 1.165) is 69.5 Å². The van der Waals surface area contributed by atoms with Crippen molar-refractivity contribution >= 4 is 23.5 Å².